The van der Waals surface area contributed by atoms with Gasteiger partial charge in [-0.05, 0) is 0 Å². The van der Waals surface area contributed by atoms with Crippen molar-refractivity contribution < 1.29 is 4.79 Å². The van der Waals surface area contributed by atoms with Gasteiger partial charge in [-0.3, -0.25) is 0 Å². The van der Waals surface area contributed by atoms with E-state index < -0.39 is 0 Å². The van der Waals surface area contributed by atoms with Gasteiger partial charge in [0.25, 0.3) is 0 Å². The molecule has 0 saturated carbocycles. The fraction of sp³-hybridized carbons (Fsp3) is 0.625. The Morgan fingerprint density at radius 2 is 2.33 bits per heavy atom. The molecule has 0 aliphatic carbocycles. The second-order valence-corrected chi connectivity index (χ2v) is 3.64. The van der Waals surface area contributed by atoms with Gasteiger partial charge in [-0.2, -0.15) is 0 Å². The van der Waals surface area contributed by atoms with E-state index in [1.807, 2.05) is 25.5 Å². The number of carbonyl (C=O) groups excluding carboxylic acids is 1. The second kappa shape index (κ2) is 3.05. The van der Waals surface area contributed by atoms with Crippen LogP contribution in [0.4, 0.5) is 0 Å². The van der Waals surface area contributed by atoms with E-state index in [1.165, 1.54) is 0 Å². The van der Waals surface area contributed by atoms with Crippen molar-refractivity contribution in [3.63, 3.8) is 0 Å². The van der Waals surface area contributed by atoms with Gasteiger partial charge in [-0.1, -0.05) is 13.8 Å². The number of aromatic nitrogens is 3. The molecule has 0 saturated heterocycles. The van der Waals surface area contributed by atoms with Gasteiger partial charge in [-0.25, -0.2) is 0 Å². The number of nitrogens with zero attached hydrogens (tertiary/aromatic N) is 3. The van der Waals surface area contributed by atoms with E-state index in [9.17, 15) is 4.79 Å². The van der Waals surface area contributed by atoms with Crippen molar-refractivity contribution >= 4 is 6.29 Å². The fourth-order valence-corrected chi connectivity index (χ4v) is 0.916. The van der Waals surface area contributed by atoms with Crippen LogP contribution in [0.15, 0.2) is 6.33 Å². The molecule has 0 unspecified atom stereocenters. The highest BCUT2D eigenvalue weighted by Gasteiger charge is 2.19. The minimum atomic E-state index is -0.346. The average molecular weight is 167 g/mol. The molecule has 0 N–H and O–H groups in total. The number of hydrogen-bond acceptors (Lipinski definition) is 3. The van der Waals surface area contributed by atoms with E-state index in [2.05, 4.69) is 10.2 Å². The minimum absolute atomic E-state index is 0.346. The molecule has 0 aliphatic rings. The lowest BCUT2D eigenvalue weighted by atomic mass is 9.91. The van der Waals surface area contributed by atoms with Crippen LogP contribution in [0.2, 0.25) is 0 Å². The first-order valence-electron chi connectivity index (χ1n) is 3.84. The molecule has 0 aromatic carbocycles. The first-order chi connectivity index (χ1) is 5.55. The number of carbonyl (C=O) groups is 1. The molecule has 4 heteroatoms. The number of aldehydes is 1. The highest BCUT2D eigenvalue weighted by Crippen LogP contribution is 2.16. The van der Waals surface area contributed by atoms with E-state index in [0.29, 0.717) is 6.42 Å². The summed E-state index contributed by atoms with van der Waals surface area (Å²) in [6, 6.07) is 0. The zero-order valence-corrected chi connectivity index (χ0v) is 7.61. The third kappa shape index (κ3) is 1.90. The SMILES string of the molecule is Cn1cnnc1CC(C)(C)C=O. The molecular formula is C8H13N3O. The molecule has 0 atom stereocenters. The van der Waals surface area contributed by atoms with Crippen molar-refractivity contribution in [1.29, 1.82) is 0 Å². The largest absolute Gasteiger partial charge is 0.321 e. The Balaban J connectivity index is 2.76. The van der Waals surface area contributed by atoms with Gasteiger partial charge in [0.05, 0.1) is 0 Å². The van der Waals surface area contributed by atoms with Crippen LogP contribution < -0.4 is 0 Å². The lowest BCUT2D eigenvalue weighted by Gasteiger charge is -2.14. The topological polar surface area (TPSA) is 47.8 Å². The van der Waals surface area contributed by atoms with Crippen LogP contribution in [-0.4, -0.2) is 21.1 Å². The van der Waals surface area contributed by atoms with Gasteiger partial charge >= 0.3 is 0 Å². The highest BCUT2D eigenvalue weighted by atomic mass is 16.1. The summed E-state index contributed by atoms with van der Waals surface area (Å²) >= 11 is 0. The van der Waals surface area contributed by atoms with Crippen molar-refractivity contribution in [3.8, 4) is 0 Å². The van der Waals surface area contributed by atoms with Crippen molar-refractivity contribution in [2.45, 2.75) is 20.3 Å². The molecule has 0 aliphatic heterocycles. The van der Waals surface area contributed by atoms with E-state index in [1.54, 1.807) is 6.33 Å². The Bertz CT molecular complexity index is 278. The summed E-state index contributed by atoms with van der Waals surface area (Å²) in [6.07, 6.45) is 3.21. The zero-order valence-electron chi connectivity index (χ0n) is 7.61. The van der Waals surface area contributed by atoms with Crippen molar-refractivity contribution in [2.24, 2.45) is 12.5 Å². The van der Waals surface area contributed by atoms with Gasteiger partial charge in [-0.15, -0.1) is 10.2 Å². The molecule has 0 amide bonds. The summed E-state index contributed by atoms with van der Waals surface area (Å²) < 4.78 is 1.82. The first-order valence-corrected chi connectivity index (χ1v) is 3.84. The molecule has 4 nitrogen and oxygen atoms in total. The normalized spacial score (nSPS) is 11.6. The predicted molar refractivity (Wildman–Crippen MR) is 44.6 cm³/mol. The molecule has 1 rings (SSSR count). The summed E-state index contributed by atoms with van der Waals surface area (Å²) in [4.78, 5) is 10.6. The maximum atomic E-state index is 10.6. The summed E-state index contributed by atoms with van der Waals surface area (Å²) in [5, 5.41) is 7.64. The predicted octanol–water partition coefficient (Wildman–Crippen LogP) is 0.583. The minimum Gasteiger partial charge on any atom is -0.321 e. The van der Waals surface area contributed by atoms with E-state index in [0.717, 1.165) is 12.1 Å². The van der Waals surface area contributed by atoms with Gasteiger partial charge in [0.1, 0.15) is 18.4 Å². The second-order valence-electron chi connectivity index (χ2n) is 3.64. The quantitative estimate of drug-likeness (QED) is 0.619. The molecule has 0 radical (unpaired) electrons. The molecular weight excluding hydrogens is 154 g/mol. The Morgan fingerprint density at radius 3 is 2.75 bits per heavy atom. The third-order valence-corrected chi connectivity index (χ3v) is 1.74. The molecule has 0 bridgehead atoms. The number of rotatable bonds is 3. The van der Waals surface area contributed by atoms with Crippen LogP contribution in [0.25, 0.3) is 0 Å². The van der Waals surface area contributed by atoms with Gasteiger partial charge < -0.3 is 9.36 Å². The fourth-order valence-electron chi connectivity index (χ4n) is 0.916. The average Bonchev–Trinajstić information content (AvgIpc) is 2.36. The Labute approximate surface area is 71.6 Å². The molecule has 12 heavy (non-hydrogen) atoms. The van der Waals surface area contributed by atoms with Crippen LogP contribution in [0.3, 0.4) is 0 Å². The lowest BCUT2D eigenvalue weighted by molar-refractivity contribution is -0.114. The van der Waals surface area contributed by atoms with Crippen molar-refractivity contribution in [3.05, 3.63) is 12.2 Å². The van der Waals surface area contributed by atoms with Gasteiger partial charge in [0.2, 0.25) is 0 Å². The summed E-state index contributed by atoms with van der Waals surface area (Å²) in [6.45, 7) is 3.77. The van der Waals surface area contributed by atoms with Crippen molar-refractivity contribution in [2.75, 3.05) is 0 Å². The van der Waals surface area contributed by atoms with E-state index in [-0.39, 0.29) is 5.41 Å². The van der Waals surface area contributed by atoms with Crippen molar-refractivity contribution in [1.82, 2.24) is 14.8 Å². The third-order valence-electron chi connectivity index (χ3n) is 1.74. The van der Waals surface area contributed by atoms with Crippen LogP contribution in [-0.2, 0) is 18.3 Å². The van der Waals surface area contributed by atoms with Gasteiger partial charge in [0, 0.05) is 18.9 Å². The monoisotopic (exact) mass is 167 g/mol. The first kappa shape index (κ1) is 8.90. The molecule has 66 valence electrons. The Morgan fingerprint density at radius 1 is 1.67 bits per heavy atom. The van der Waals surface area contributed by atoms with Gasteiger partial charge in [0.15, 0.2) is 0 Å². The highest BCUT2D eigenvalue weighted by molar-refractivity contribution is 5.58. The Hall–Kier alpha value is -1.19. The lowest BCUT2D eigenvalue weighted by Crippen LogP contribution is -2.18. The maximum absolute atomic E-state index is 10.6. The number of aryl methyl sites for hydroxylation is 1. The van der Waals surface area contributed by atoms with Crippen LogP contribution in [0, 0.1) is 5.41 Å². The van der Waals surface area contributed by atoms with E-state index >= 15 is 0 Å². The maximum Gasteiger partial charge on any atom is 0.133 e. The van der Waals surface area contributed by atoms with Crippen LogP contribution >= 0.6 is 0 Å². The van der Waals surface area contributed by atoms with E-state index in [4.69, 9.17) is 0 Å². The molecule has 1 aromatic rings. The standard InChI is InChI=1S/C8H13N3O/c1-8(2,5-12)4-7-10-9-6-11(7)3/h5-6H,4H2,1-3H3. The molecule has 0 spiro atoms. The Kier molecular flexibility index (Phi) is 2.26. The molecule has 1 heterocycles. The summed E-state index contributed by atoms with van der Waals surface area (Å²) in [7, 11) is 1.87. The smallest absolute Gasteiger partial charge is 0.133 e. The zero-order chi connectivity index (χ0) is 9.19. The molecule has 1 aromatic heterocycles. The van der Waals surface area contributed by atoms with Crippen LogP contribution in [0.1, 0.15) is 19.7 Å². The molecule has 0 fully saturated rings. The summed E-state index contributed by atoms with van der Waals surface area (Å²) in [5.74, 6) is 0.840. The summed E-state index contributed by atoms with van der Waals surface area (Å²) in [5.41, 5.74) is -0.346. The number of hydrogen-bond donors (Lipinski definition) is 0. The van der Waals surface area contributed by atoms with Crippen LogP contribution in [0.5, 0.6) is 0 Å².